The summed E-state index contributed by atoms with van der Waals surface area (Å²) in [5.41, 5.74) is 2.71. The maximum atomic E-state index is 12.3. The smallest absolute Gasteiger partial charge is 0.348 e. The van der Waals surface area contributed by atoms with Gasteiger partial charge in [0.05, 0.1) is 0 Å². The summed E-state index contributed by atoms with van der Waals surface area (Å²) in [4.78, 5) is 29.3. The van der Waals surface area contributed by atoms with Gasteiger partial charge >= 0.3 is 5.97 Å². The van der Waals surface area contributed by atoms with Crippen LogP contribution >= 0.6 is 11.3 Å². The number of Topliss-reactive ketones (excluding diaryl/α,β-unsaturated/α-hetero) is 1. The van der Waals surface area contributed by atoms with Gasteiger partial charge in [0.1, 0.15) is 4.88 Å². The van der Waals surface area contributed by atoms with Crippen molar-refractivity contribution in [1.29, 1.82) is 0 Å². The van der Waals surface area contributed by atoms with Gasteiger partial charge in [0, 0.05) is 27.5 Å². The molecular weight excluding hydrogens is 310 g/mol. The summed E-state index contributed by atoms with van der Waals surface area (Å²) in [5, 5.41) is 0.851. The maximum absolute atomic E-state index is 12.3. The van der Waals surface area contributed by atoms with Crippen LogP contribution in [-0.4, -0.2) is 23.3 Å². The summed E-state index contributed by atoms with van der Waals surface area (Å²) >= 11 is 1.49. The highest BCUT2D eigenvalue weighted by atomic mass is 32.1. The number of esters is 1. The Morgan fingerprint density at radius 2 is 2.09 bits per heavy atom. The van der Waals surface area contributed by atoms with E-state index in [1.807, 2.05) is 30.3 Å². The molecule has 0 fully saturated rings. The SMILES string of the molecule is O=C(OCC(=O)c1c[nH]c2ccccc12)c1cc2c(s1)CCC2. The Morgan fingerprint density at radius 1 is 1.22 bits per heavy atom. The number of carbonyl (C=O) groups excluding carboxylic acids is 2. The molecule has 1 aromatic carbocycles. The zero-order chi connectivity index (χ0) is 15.8. The Bertz CT molecular complexity index is 885. The van der Waals surface area contributed by atoms with E-state index in [0.29, 0.717) is 10.4 Å². The fraction of sp³-hybridized carbons (Fsp3) is 0.222. The molecule has 1 N–H and O–H groups in total. The van der Waals surface area contributed by atoms with E-state index in [4.69, 9.17) is 4.74 Å². The van der Waals surface area contributed by atoms with E-state index >= 15 is 0 Å². The van der Waals surface area contributed by atoms with Gasteiger partial charge in [-0.1, -0.05) is 18.2 Å². The molecule has 0 bridgehead atoms. The van der Waals surface area contributed by atoms with Gasteiger partial charge in [-0.2, -0.15) is 0 Å². The van der Waals surface area contributed by atoms with Crippen molar-refractivity contribution in [3.63, 3.8) is 0 Å². The Hall–Kier alpha value is -2.40. The summed E-state index contributed by atoms with van der Waals surface area (Å²) in [6.45, 7) is -0.233. The number of aromatic amines is 1. The molecule has 2 heterocycles. The van der Waals surface area contributed by atoms with Gasteiger partial charge in [0.25, 0.3) is 0 Å². The molecule has 0 saturated carbocycles. The lowest BCUT2D eigenvalue weighted by atomic mass is 10.1. The van der Waals surface area contributed by atoms with Crippen LogP contribution in [0.2, 0.25) is 0 Å². The van der Waals surface area contributed by atoms with Crippen LogP contribution < -0.4 is 0 Å². The fourth-order valence-corrected chi connectivity index (χ4v) is 4.16. The van der Waals surface area contributed by atoms with Crippen LogP contribution in [0.25, 0.3) is 10.9 Å². The largest absolute Gasteiger partial charge is 0.453 e. The second-order valence-electron chi connectivity index (χ2n) is 5.66. The van der Waals surface area contributed by atoms with E-state index in [1.165, 1.54) is 21.8 Å². The molecule has 0 atom stereocenters. The molecule has 116 valence electrons. The monoisotopic (exact) mass is 325 g/mol. The van der Waals surface area contributed by atoms with Crippen molar-refractivity contribution in [2.24, 2.45) is 0 Å². The molecule has 0 aliphatic heterocycles. The fourth-order valence-electron chi connectivity index (χ4n) is 3.01. The molecule has 23 heavy (non-hydrogen) atoms. The number of carbonyl (C=O) groups is 2. The highest BCUT2D eigenvalue weighted by Crippen LogP contribution is 2.31. The van der Waals surface area contributed by atoms with Gasteiger partial charge in [0.15, 0.2) is 6.61 Å². The Morgan fingerprint density at radius 3 is 2.96 bits per heavy atom. The number of aromatic nitrogens is 1. The summed E-state index contributed by atoms with van der Waals surface area (Å²) in [7, 11) is 0. The van der Waals surface area contributed by atoms with Gasteiger partial charge in [-0.3, -0.25) is 4.79 Å². The maximum Gasteiger partial charge on any atom is 0.348 e. The predicted octanol–water partition coefficient (Wildman–Crippen LogP) is 3.76. The van der Waals surface area contributed by atoms with E-state index in [-0.39, 0.29) is 12.4 Å². The predicted molar refractivity (Wildman–Crippen MR) is 89.3 cm³/mol. The summed E-state index contributed by atoms with van der Waals surface area (Å²) < 4.78 is 5.21. The van der Waals surface area contributed by atoms with Crippen molar-refractivity contribution in [1.82, 2.24) is 4.98 Å². The van der Waals surface area contributed by atoms with Crippen molar-refractivity contribution in [2.45, 2.75) is 19.3 Å². The minimum Gasteiger partial charge on any atom is -0.453 e. The number of fused-ring (bicyclic) bond motifs is 2. The lowest BCUT2D eigenvalue weighted by Crippen LogP contribution is -2.13. The lowest BCUT2D eigenvalue weighted by molar-refractivity contribution is 0.0480. The molecule has 4 rings (SSSR count). The van der Waals surface area contributed by atoms with Crippen LogP contribution in [0.5, 0.6) is 0 Å². The third kappa shape index (κ3) is 2.57. The second kappa shape index (κ2) is 5.66. The van der Waals surface area contributed by atoms with Crippen LogP contribution in [-0.2, 0) is 17.6 Å². The Balaban J connectivity index is 1.45. The standard InChI is InChI=1S/C18H15NO3S/c20-15(13-9-19-14-6-2-1-5-12(13)14)10-22-18(21)17-8-11-4-3-7-16(11)23-17/h1-2,5-6,8-9,19H,3-4,7,10H2. The molecule has 3 aromatic rings. The first-order chi connectivity index (χ1) is 11.2. The minimum absolute atomic E-state index is 0.195. The molecule has 4 nitrogen and oxygen atoms in total. The molecule has 0 unspecified atom stereocenters. The van der Waals surface area contributed by atoms with Crippen molar-refractivity contribution in [3.05, 3.63) is 57.4 Å². The average Bonchev–Trinajstić information content (AvgIpc) is 3.25. The van der Waals surface area contributed by atoms with Crippen molar-refractivity contribution >= 4 is 34.0 Å². The number of benzene rings is 1. The summed E-state index contributed by atoms with van der Waals surface area (Å²) in [6.07, 6.45) is 4.91. The van der Waals surface area contributed by atoms with E-state index < -0.39 is 5.97 Å². The average molecular weight is 325 g/mol. The zero-order valence-electron chi connectivity index (χ0n) is 12.4. The van der Waals surface area contributed by atoms with Crippen LogP contribution in [0.15, 0.2) is 36.5 Å². The molecule has 2 aromatic heterocycles. The third-order valence-corrected chi connectivity index (χ3v) is 5.39. The number of rotatable bonds is 4. The van der Waals surface area contributed by atoms with Crippen molar-refractivity contribution in [2.75, 3.05) is 6.61 Å². The molecule has 0 saturated heterocycles. The number of ether oxygens (including phenoxy) is 1. The van der Waals surface area contributed by atoms with Gasteiger partial charge in [0.2, 0.25) is 5.78 Å². The lowest BCUT2D eigenvalue weighted by Gasteiger charge is -2.02. The molecule has 0 spiro atoms. The first kappa shape index (κ1) is 14.2. The number of hydrogen-bond acceptors (Lipinski definition) is 4. The molecule has 1 aliphatic carbocycles. The number of thiophene rings is 1. The Labute approximate surface area is 137 Å². The quantitative estimate of drug-likeness (QED) is 0.587. The first-order valence-corrected chi connectivity index (χ1v) is 8.42. The van der Waals surface area contributed by atoms with Crippen LogP contribution in [0, 0.1) is 0 Å². The summed E-state index contributed by atoms with van der Waals surface area (Å²) in [6, 6.07) is 9.48. The van der Waals surface area contributed by atoms with Crippen LogP contribution in [0.4, 0.5) is 0 Å². The van der Waals surface area contributed by atoms with Gasteiger partial charge in [-0.05, 0) is 37.0 Å². The first-order valence-electron chi connectivity index (χ1n) is 7.60. The van der Waals surface area contributed by atoms with Crippen molar-refractivity contribution < 1.29 is 14.3 Å². The molecular formula is C18H15NO3S. The van der Waals surface area contributed by atoms with Crippen molar-refractivity contribution in [3.8, 4) is 0 Å². The number of para-hydroxylation sites is 1. The molecule has 1 aliphatic rings. The number of nitrogens with one attached hydrogen (secondary N) is 1. The third-order valence-electron chi connectivity index (χ3n) is 4.17. The number of ketones is 1. The van der Waals surface area contributed by atoms with E-state index in [0.717, 1.165) is 30.2 Å². The van der Waals surface area contributed by atoms with E-state index in [2.05, 4.69) is 4.98 Å². The van der Waals surface area contributed by atoms with Gasteiger partial charge in [-0.25, -0.2) is 4.79 Å². The molecule has 5 heteroatoms. The normalized spacial score (nSPS) is 13.2. The Kier molecular flexibility index (Phi) is 3.50. The van der Waals surface area contributed by atoms with E-state index in [9.17, 15) is 9.59 Å². The van der Waals surface area contributed by atoms with E-state index in [1.54, 1.807) is 6.20 Å². The van der Waals surface area contributed by atoms with Crippen LogP contribution in [0.1, 0.15) is 36.9 Å². The minimum atomic E-state index is -0.405. The number of H-pyrrole nitrogens is 1. The highest BCUT2D eigenvalue weighted by molar-refractivity contribution is 7.14. The number of aryl methyl sites for hydroxylation is 2. The second-order valence-corrected chi connectivity index (χ2v) is 6.80. The molecule has 0 radical (unpaired) electrons. The highest BCUT2D eigenvalue weighted by Gasteiger charge is 2.20. The van der Waals surface area contributed by atoms with Gasteiger partial charge in [-0.15, -0.1) is 11.3 Å². The van der Waals surface area contributed by atoms with Gasteiger partial charge < -0.3 is 9.72 Å². The number of hydrogen-bond donors (Lipinski definition) is 1. The molecule has 0 amide bonds. The zero-order valence-corrected chi connectivity index (χ0v) is 13.2. The summed E-state index contributed by atoms with van der Waals surface area (Å²) in [5.74, 6) is -0.600. The van der Waals surface area contributed by atoms with Crippen LogP contribution in [0.3, 0.4) is 0 Å². The topological polar surface area (TPSA) is 59.2 Å².